The Morgan fingerprint density at radius 3 is 2.21 bits per heavy atom. The topological polar surface area (TPSA) is 43.8 Å². The zero-order valence-electron chi connectivity index (χ0n) is 11.6. The van der Waals surface area contributed by atoms with Crippen molar-refractivity contribution in [1.29, 1.82) is 0 Å². The van der Waals surface area contributed by atoms with Crippen molar-refractivity contribution in [3.05, 3.63) is 35.9 Å². The number of hydrogen-bond acceptors (Lipinski definition) is 3. The highest BCUT2D eigenvalue weighted by Crippen LogP contribution is 2.17. The van der Waals surface area contributed by atoms with Crippen molar-refractivity contribution in [3.63, 3.8) is 0 Å². The molecule has 1 atom stereocenters. The Hall–Kier alpha value is -1.39. The highest BCUT2D eigenvalue weighted by atomic mass is 16.3. The number of amides is 1. The molecule has 4 heteroatoms. The van der Waals surface area contributed by atoms with Crippen molar-refractivity contribution >= 4 is 5.91 Å². The standard InChI is InChI=1S/C15H22N2O2/c1-12(2)16-8-10-17(11-9-16)15(19)14(18)13-6-4-3-5-7-13/h3-7,12,14,18H,8-11H2,1-2H3. The molecule has 1 unspecified atom stereocenters. The maximum atomic E-state index is 12.2. The second-order valence-electron chi connectivity index (χ2n) is 5.27. The van der Waals surface area contributed by atoms with Crippen LogP contribution in [0.15, 0.2) is 30.3 Å². The molecule has 1 aromatic rings. The number of hydrogen-bond donors (Lipinski definition) is 1. The van der Waals surface area contributed by atoms with Gasteiger partial charge in [-0.15, -0.1) is 0 Å². The van der Waals surface area contributed by atoms with Gasteiger partial charge in [0.05, 0.1) is 0 Å². The summed E-state index contributed by atoms with van der Waals surface area (Å²) in [4.78, 5) is 16.3. The van der Waals surface area contributed by atoms with E-state index >= 15 is 0 Å². The van der Waals surface area contributed by atoms with Gasteiger partial charge < -0.3 is 10.0 Å². The Bertz CT molecular complexity index is 411. The molecule has 1 fully saturated rings. The molecule has 1 amide bonds. The number of nitrogens with zero attached hydrogens (tertiary/aromatic N) is 2. The largest absolute Gasteiger partial charge is 0.378 e. The Morgan fingerprint density at radius 1 is 1.11 bits per heavy atom. The number of aliphatic hydroxyl groups is 1. The maximum absolute atomic E-state index is 12.2. The van der Waals surface area contributed by atoms with Gasteiger partial charge in [0.25, 0.3) is 5.91 Å². The van der Waals surface area contributed by atoms with Crippen molar-refractivity contribution < 1.29 is 9.90 Å². The van der Waals surface area contributed by atoms with Gasteiger partial charge in [0, 0.05) is 32.2 Å². The van der Waals surface area contributed by atoms with Crippen LogP contribution in [0.5, 0.6) is 0 Å². The van der Waals surface area contributed by atoms with Crippen molar-refractivity contribution in [2.45, 2.75) is 26.0 Å². The van der Waals surface area contributed by atoms with E-state index in [1.165, 1.54) is 0 Å². The van der Waals surface area contributed by atoms with E-state index in [1.807, 2.05) is 18.2 Å². The summed E-state index contributed by atoms with van der Waals surface area (Å²) >= 11 is 0. The first-order chi connectivity index (χ1) is 9.09. The van der Waals surface area contributed by atoms with Crippen LogP contribution in [-0.2, 0) is 4.79 Å². The van der Waals surface area contributed by atoms with E-state index in [2.05, 4.69) is 18.7 Å². The Morgan fingerprint density at radius 2 is 1.68 bits per heavy atom. The maximum Gasteiger partial charge on any atom is 0.256 e. The van der Waals surface area contributed by atoms with E-state index in [-0.39, 0.29) is 5.91 Å². The van der Waals surface area contributed by atoms with Crippen LogP contribution < -0.4 is 0 Å². The molecule has 1 aliphatic heterocycles. The summed E-state index contributed by atoms with van der Waals surface area (Å²) in [6.45, 7) is 7.48. The van der Waals surface area contributed by atoms with Gasteiger partial charge in [-0.2, -0.15) is 0 Å². The molecule has 1 saturated heterocycles. The van der Waals surface area contributed by atoms with Gasteiger partial charge in [0.15, 0.2) is 6.10 Å². The van der Waals surface area contributed by atoms with Crippen LogP contribution >= 0.6 is 0 Å². The molecule has 1 heterocycles. The van der Waals surface area contributed by atoms with E-state index in [4.69, 9.17) is 0 Å². The highest BCUT2D eigenvalue weighted by molar-refractivity contribution is 5.82. The van der Waals surface area contributed by atoms with Crippen LogP contribution in [0.4, 0.5) is 0 Å². The van der Waals surface area contributed by atoms with Gasteiger partial charge in [-0.1, -0.05) is 30.3 Å². The molecular weight excluding hydrogens is 240 g/mol. The molecule has 1 aliphatic rings. The zero-order chi connectivity index (χ0) is 13.8. The van der Waals surface area contributed by atoms with Crippen molar-refractivity contribution in [2.75, 3.05) is 26.2 Å². The second-order valence-corrected chi connectivity index (χ2v) is 5.27. The molecular formula is C15H22N2O2. The normalized spacial score (nSPS) is 18.6. The molecule has 104 valence electrons. The molecule has 2 rings (SSSR count). The fourth-order valence-electron chi connectivity index (χ4n) is 2.41. The summed E-state index contributed by atoms with van der Waals surface area (Å²) in [5.41, 5.74) is 0.666. The van der Waals surface area contributed by atoms with Crippen molar-refractivity contribution in [1.82, 2.24) is 9.80 Å². The average molecular weight is 262 g/mol. The molecule has 1 aromatic carbocycles. The summed E-state index contributed by atoms with van der Waals surface area (Å²) in [5, 5.41) is 10.1. The van der Waals surface area contributed by atoms with Crippen LogP contribution in [0.25, 0.3) is 0 Å². The van der Waals surface area contributed by atoms with Gasteiger partial charge in [-0.3, -0.25) is 9.69 Å². The lowest BCUT2D eigenvalue weighted by atomic mass is 10.1. The predicted octanol–water partition coefficient (Wildman–Crippen LogP) is 1.27. The molecule has 19 heavy (non-hydrogen) atoms. The summed E-state index contributed by atoms with van der Waals surface area (Å²) in [6, 6.07) is 9.63. The van der Waals surface area contributed by atoms with Crippen LogP contribution in [0.2, 0.25) is 0 Å². The van der Waals surface area contributed by atoms with Gasteiger partial charge in [0.1, 0.15) is 0 Å². The molecule has 0 saturated carbocycles. The van der Waals surface area contributed by atoms with Crippen LogP contribution in [0, 0.1) is 0 Å². The molecule has 0 radical (unpaired) electrons. The molecule has 0 aromatic heterocycles. The lowest BCUT2D eigenvalue weighted by Gasteiger charge is -2.37. The molecule has 0 aliphatic carbocycles. The highest BCUT2D eigenvalue weighted by Gasteiger charge is 2.27. The minimum absolute atomic E-state index is 0.186. The number of carbonyl (C=O) groups excluding carboxylic acids is 1. The van der Waals surface area contributed by atoms with Crippen molar-refractivity contribution in [3.8, 4) is 0 Å². The summed E-state index contributed by atoms with van der Waals surface area (Å²) in [6.07, 6.45) is -1.04. The number of rotatable bonds is 3. The third kappa shape index (κ3) is 3.33. The van der Waals surface area contributed by atoms with Gasteiger partial charge >= 0.3 is 0 Å². The zero-order valence-corrected chi connectivity index (χ0v) is 11.6. The first-order valence-electron chi connectivity index (χ1n) is 6.85. The monoisotopic (exact) mass is 262 g/mol. The van der Waals surface area contributed by atoms with Crippen molar-refractivity contribution in [2.24, 2.45) is 0 Å². The lowest BCUT2D eigenvalue weighted by Crippen LogP contribution is -2.51. The number of aliphatic hydroxyl groups excluding tert-OH is 1. The summed E-state index contributed by atoms with van der Waals surface area (Å²) < 4.78 is 0. The van der Waals surface area contributed by atoms with E-state index in [9.17, 15) is 9.90 Å². The SMILES string of the molecule is CC(C)N1CCN(C(=O)C(O)c2ccccc2)CC1. The van der Waals surface area contributed by atoms with Crippen LogP contribution in [0.1, 0.15) is 25.5 Å². The van der Waals surface area contributed by atoms with E-state index in [1.54, 1.807) is 17.0 Å². The summed E-state index contributed by atoms with van der Waals surface area (Å²) in [7, 11) is 0. The predicted molar refractivity (Wildman–Crippen MR) is 74.7 cm³/mol. The molecule has 0 bridgehead atoms. The first kappa shape index (κ1) is 14.0. The Labute approximate surface area is 114 Å². The fourth-order valence-corrected chi connectivity index (χ4v) is 2.41. The van der Waals surface area contributed by atoms with Gasteiger partial charge in [-0.05, 0) is 19.4 Å². The second kappa shape index (κ2) is 6.17. The fraction of sp³-hybridized carbons (Fsp3) is 0.533. The molecule has 4 nitrogen and oxygen atoms in total. The quantitative estimate of drug-likeness (QED) is 0.892. The van der Waals surface area contributed by atoms with E-state index in [0.717, 1.165) is 13.1 Å². The number of piperazine rings is 1. The smallest absolute Gasteiger partial charge is 0.256 e. The molecule has 0 spiro atoms. The first-order valence-corrected chi connectivity index (χ1v) is 6.85. The van der Waals surface area contributed by atoms with E-state index < -0.39 is 6.10 Å². The Balaban J connectivity index is 1.94. The third-order valence-corrected chi connectivity index (χ3v) is 3.71. The minimum atomic E-state index is -1.04. The number of carbonyl (C=O) groups is 1. The average Bonchev–Trinajstić information content (AvgIpc) is 2.46. The van der Waals surface area contributed by atoms with Gasteiger partial charge in [0.2, 0.25) is 0 Å². The number of benzene rings is 1. The van der Waals surface area contributed by atoms with Crippen LogP contribution in [0.3, 0.4) is 0 Å². The third-order valence-electron chi connectivity index (χ3n) is 3.71. The van der Waals surface area contributed by atoms with Crippen LogP contribution in [-0.4, -0.2) is 53.0 Å². The molecule has 1 N–H and O–H groups in total. The lowest BCUT2D eigenvalue weighted by molar-refractivity contribution is -0.142. The van der Waals surface area contributed by atoms with E-state index in [0.29, 0.717) is 24.7 Å². The van der Waals surface area contributed by atoms with Gasteiger partial charge in [-0.25, -0.2) is 0 Å². The Kier molecular flexibility index (Phi) is 4.56. The summed E-state index contributed by atoms with van der Waals surface area (Å²) in [5.74, 6) is -0.186. The minimum Gasteiger partial charge on any atom is -0.378 e.